The summed E-state index contributed by atoms with van der Waals surface area (Å²) in [4.78, 5) is 4.26. The monoisotopic (exact) mass is 401 g/mol. The molecule has 1 aromatic carbocycles. The minimum atomic E-state index is -4.46. The van der Waals surface area contributed by atoms with Crippen molar-refractivity contribution in [3.05, 3.63) is 41.0 Å². The fraction of sp³-hybridized carbons (Fsp3) is 0.474. The number of hydrogen-bond donors (Lipinski definition) is 0. The van der Waals surface area contributed by atoms with Crippen LogP contribution in [0.4, 0.5) is 22.0 Å². The first-order valence-electron chi connectivity index (χ1n) is 8.54. The lowest BCUT2D eigenvalue weighted by molar-refractivity contribution is -0.211. The molecule has 0 spiro atoms. The van der Waals surface area contributed by atoms with Crippen LogP contribution in [0.1, 0.15) is 43.5 Å². The maximum Gasteiger partial charge on any atom is 0.394 e. The molecule has 28 heavy (non-hydrogen) atoms. The number of halogens is 5. The van der Waals surface area contributed by atoms with Crippen LogP contribution in [0.5, 0.6) is 5.75 Å². The number of aryl methyl sites for hydroxylation is 2. The van der Waals surface area contributed by atoms with Gasteiger partial charge in [0.25, 0.3) is 0 Å². The number of hydrogen-bond acceptors (Lipinski definition) is 3. The van der Waals surface area contributed by atoms with E-state index in [0.717, 1.165) is 19.9 Å². The Bertz CT molecular complexity index is 894. The molecule has 0 unspecified atom stereocenters. The summed E-state index contributed by atoms with van der Waals surface area (Å²) < 4.78 is 71.3. The Morgan fingerprint density at radius 3 is 2.39 bits per heavy atom. The van der Waals surface area contributed by atoms with E-state index in [2.05, 4.69) is 9.72 Å². The molecule has 9 heteroatoms. The van der Waals surface area contributed by atoms with Gasteiger partial charge in [-0.15, -0.1) is 0 Å². The van der Waals surface area contributed by atoms with Gasteiger partial charge >= 0.3 is 12.8 Å². The van der Waals surface area contributed by atoms with Crippen molar-refractivity contribution in [1.82, 2.24) is 9.55 Å². The zero-order valence-electron chi connectivity index (χ0n) is 15.9. The van der Waals surface area contributed by atoms with E-state index >= 15 is 0 Å². The molecule has 0 radical (unpaired) electrons. The van der Waals surface area contributed by atoms with Gasteiger partial charge in [-0.1, -0.05) is 26.8 Å². The Balaban J connectivity index is 2.59. The van der Waals surface area contributed by atoms with E-state index in [0.29, 0.717) is 17.9 Å². The number of imidazole rings is 1. The van der Waals surface area contributed by atoms with Gasteiger partial charge in [-0.3, -0.25) is 4.57 Å². The molecule has 0 aliphatic carbocycles. The second-order valence-electron chi connectivity index (χ2n) is 6.99. The molecule has 0 atom stereocenters. The summed E-state index contributed by atoms with van der Waals surface area (Å²) in [6.07, 6.45) is -4.41. The lowest BCUT2D eigenvalue weighted by atomic mass is 9.85. The molecule has 0 aliphatic rings. The Hall–Kier alpha value is -2.63. The summed E-state index contributed by atoms with van der Waals surface area (Å²) in [6.45, 7) is 2.30. The van der Waals surface area contributed by atoms with Crippen LogP contribution in [-0.2, 0) is 12.8 Å². The molecule has 0 fully saturated rings. The molecule has 2 rings (SSSR count). The van der Waals surface area contributed by atoms with Crippen molar-refractivity contribution >= 4 is 0 Å². The van der Waals surface area contributed by atoms with Gasteiger partial charge < -0.3 is 4.74 Å². The maximum atomic E-state index is 13.2. The summed E-state index contributed by atoms with van der Waals surface area (Å²) in [5, 5.41) is 9.45. The van der Waals surface area contributed by atoms with Crippen molar-refractivity contribution in [1.29, 1.82) is 5.26 Å². The highest BCUT2D eigenvalue weighted by atomic mass is 19.4. The summed E-state index contributed by atoms with van der Waals surface area (Å²) in [5.74, 6) is 0.0704. The Labute approximate surface area is 159 Å². The van der Waals surface area contributed by atoms with Crippen molar-refractivity contribution < 1.29 is 26.7 Å². The van der Waals surface area contributed by atoms with Crippen LogP contribution >= 0.6 is 0 Å². The standard InChI is InChI=1S/C19H20F5N3O/c1-5-13-15(10-25)27(11(2)26-13)14-7-6-12(8-16(14)28-17(20)21)9-18(3,4)19(22,23)24/h6-8,17H,5,9H2,1-4H3. The second kappa shape index (κ2) is 7.78. The van der Waals surface area contributed by atoms with Crippen molar-refractivity contribution in [3.63, 3.8) is 0 Å². The predicted molar refractivity (Wildman–Crippen MR) is 92.6 cm³/mol. The minimum absolute atomic E-state index is 0.120. The Morgan fingerprint density at radius 2 is 1.89 bits per heavy atom. The maximum absolute atomic E-state index is 13.2. The average molecular weight is 401 g/mol. The zero-order chi connectivity index (χ0) is 21.3. The van der Waals surface area contributed by atoms with Gasteiger partial charge in [0.15, 0.2) is 0 Å². The van der Waals surface area contributed by atoms with Crippen LogP contribution < -0.4 is 4.74 Å². The van der Waals surface area contributed by atoms with Crippen LogP contribution in [-0.4, -0.2) is 22.3 Å². The number of alkyl halides is 5. The van der Waals surface area contributed by atoms with Crippen molar-refractivity contribution in [2.45, 2.75) is 53.3 Å². The van der Waals surface area contributed by atoms with E-state index in [4.69, 9.17) is 0 Å². The van der Waals surface area contributed by atoms with Crippen LogP contribution in [0, 0.1) is 23.7 Å². The lowest BCUT2D eigenvalue weighted by Gasteiger charge is -2.28. The van der Waals surface area contributed by atoms with E-state index in [-0.39, 0.29) is 22.7 Å². The highest BCUT2D eigenvalue weighted by molar-refractivity contribution is 5.53. The predicted octanol–water partition coefficient (Wildman–Crippen LogP) is 5.35. The number of nitrogens with zero attached hydrogens (tertiary/aromatic N) is 3. The smallest absolute Gasteiger partial charge is 0.394 e. The first-order chi connectivity index (χ1) is 12.9. The lowest BCUT2D eigenvalue weighted by Crippen LogP contribution is -2.34. The number of benzene rings is 1. The molecule has 0 N–H and O–H groups in total. The van der Waals surface area contributed by atoms with Gasteiger partial charge in [-0.05, 0) is 37.5 Å². The summed E-state index contributed by atoms with van der Waals surface area (Å²) in [7, 11) is 0. The molecule has 4 nitrogen and oxygen atoms in total. The van der Waals surface area contributed by atoms with E-state index in [9.17, 15) is 27.2 Å². The molecular weight excluding hydrogens is 381 g/mol. The van der Waals surface area contributed by atoms with Gasteiger partial charge in [0.2, 0.25) is 0 Å². The van der Waals surface area contributed by atoms with Gasteiger partial charge in [0.1, 0.15) is 23.3 Å². The SMILES string of the molecule is CCc1nc(C)n(-c2ccc(CC(C)(C)C(F)(F)F)cc2OC(F)F)c1C#N. The fourth-order valence-corrected chi connectivity index (χ4v) is 2.90. The summed E-state index contributed by atoms with van der Waals surface area (Å²) in [6, 6.07) is 5.93. The van der Waals surface area contributed by atoms with Crippen LogP contribution in [0.2, 0.25) is 0 Å². The first-order valence-corrected chi connectivity index (χ1v) is 8.54. The number of ether oxygens (including phenoxy) is 1. The van der Waals surface area contributed by atoms with Gasteiger partial charge in [-0.25, -0.2) is 4.98 Å². The Kier molecular flexibility index (Phi) is 6.02. The van der Waals surface area contributed by atoms with Crippen molar-refractivity contribution in [2.24, 2.45) is 5.41 Å². The first kappa shape index (κ1) is 21.7. The average Bonchev–Trinajstić information content (AvgIpc) is 2.88. The van der Waals surface area contributed by atoms with E-state index < -0.39 is 24.6 Å². The number of nitriles is 1. The molecule has 0 saturated carbocycles. The topological polar surface area (TPSA) is 50.8 Å². The Morgan fingerprint density at radius 1 is 1.25 bits per heavy atom. The molecule has 0 bridgehead atoms. The second-order valence-corrected chi connectivity index (χ2v) is 6.99. The molecule has 0 aliphatic heterocycles. The third kappa shape index (κ3) is 4.26. The van der Waals surface area contributed by atoms with Gasteiger partial charge in [0.05, 0.1) is 16.8 Å². The van der Waals surface area contributed by atoms with E-state index in [1.54, 1.807) is 13.8 Å². The molecule has 1 heterocycles. The zero-order valence-corrected chi connectivity index (χ0v) is 15.9. The highest BCUT2D eigenvalue weighted by Crippen LogP contribution is 2.41. The number of aromatic nitrogens is 2. The molecule has 0 amide bonds. The van der Waals surface area contributed by atoms with E-state index in [1.165, 1.54) is 16.7 Å². The largest absolute Gasteiger partial charge is 0.433 e. The summed E-state index contributed by atoms with van der Waals surface area (Å²) in [5.41, 5.74) is -1.08. The van der Waals surface area contributed by atoms with E-state index in [1.807, 2.05) is 6.07 Å². The summed E-state index contributed by atoms with van der Waals surface area (Å²) >= 11 is 0. The molecule has 1 aromatic heterocycles. The van der Waals surface area contributed by atoms with Crippen LogP contribution in [0.25, 0.3) is 5.69 Å². The third-order valence-corrected chi connectivity index (χ3v) is 4.45. The normalized spacial score (nSPS) is 12.3. The molecular formula is C19H20F5N3O. The minimum Gasteiger partial charge on any atom is -0.433 e. The van der Waals surface area contributed by atoms with Gasteiger partial charge in [-0.2, -0.15) is 27.2 Å². The fourth-order valence-electron chi connectivity index (χ4n) is 2.90. The quantitative estimate of drug-likeness (QED) is 0.614. The highest BCUT2D eigenvalue weighted by Gasteiger charge is 2.47. The van der Waals surface area contributed by atoms with Crippen LogP contribution in [0.3, 0.4) is 0 Å². The van der Waals surface area contributed by atoms with Gasteiger partial charge in [0, 0.05) is 0 Å². The molecule has 152 valence electrons. The molecule has 0 saturated heterocycles. The van der Waals surface area contributed by atoms with Crippen molar-refractivity contribution in [3.8, 4) is 17.5 Å². The van der Waals surface area contributed by atoms with Crippen LogP contribution in [0.15, 0.2) is 18.2 Å². The molecule has 2 aromatic rings. The van der Waals surface area contributed by atoms with Crippen molar-refractivity contribution in [2.75, 3.05) is 0 Å². The third-order valence-electron chi connectivity index (χ3n) is 4.45. The number of rotatable bonds is 6.